The summed E-state index contributed by atoms with van der Waals surface area (Å²) >= 11 is 0. The summed E-state index contributed by atoms with van der Waals surface area (Å²) in [6.07, 6.45) is 0.105. The van der Waals surface area contributed by atoms with Crippen LogP contribution in [0.3, 0.4) is 0 Å². The van der Waals surface area contributed by atoms with Crippen molar-refractivity contribution in [1.82, 2.24) is 0 Å². The minimum atomic E-state index is -0.573. The first-order chi connectivity index (χ1) is 9.65. The van der Waals surface area contributed by atoms with Crippen LogP contribution in [0.4, 0.5) is 5.69 Å². The molecule has 0 saturated carbocycles. The van der Waals surface area contributed by atoms with Gasteiger partial charge in [0.05, 0.1) is 6.10 Å². The summed E-state index contributed by atoms with van der Waals surface area (Å²) in [7, 11) is 0. The third-order valence-electron chi connectivity index (χ3n) is 3.34. The lowest BCUT2D eigenvalue weighted by Crippen LogP contribution is -2.41. The van der Waals surface area contributed by atoms with E-state index in [0.29, 0.717) is 13.0 Å². The van der Waals surface area contributed by atoms with E-state index in [-0.39, 0.29) is 6.04 Å². The maximum Gasteiger partial charge on any atom is 0.0866 e. The molecule has 0 aliphatic heterocycles. The number of nitrogens with two attached hydrogens (primary N) is 1. The highest BCUT2D eigenvalue weighted by atomic mass is 16.3. The molecule has 0 heterocycles. The third kappa shape index (κ3) is 4.37. The van der Waals surface area contributed by atoms with E-state index in [9.17, 15) is 5.11 Å². The molecule has 106 valence electrons. The van der Waals surface area contributed by atoms with Crippen LogP contribution >= 0.6 is 0 Å². The van der Waals surface area contributed by atoms with Crippen molar-refractivity contribution in [3.8, 4) is 0 Å². The van der Waals surface area contributed by atoms with Gasteiger partial charge in [-0.3, -0.25) is 0 Å². The van der Waals surface area contributed by atoms with Crippen molar-refractivity contribution in [2.75, 3.05) is 11.9 Å². The topological polar surface area (TPSA) is 58.3 Å². The van der Waals surface area contributed by atoms with Gasteiger partial charge in [-0.25, -0.2) is 0 Å². The molecule has 2 aromatic rings. The van der Waals surface area contributed by atoms with Gasteiger partial charge in [0.15, 0.2) is 0 Å². The van der Waals surface area contributed by atoms with Crippen molar-refractivity contribution in [2.45, 2.75) is 25.5 Å². The lowest BCUT2D eigenvalue weighted by atomic mass is 10.0. The Morgan fingerprint density at radius 2 is 1.85 bits per heavy atom. The van der Waals surface area contributed by atoms with Crippen LogP contribution in [0.1, 0.15) is 11.1 Å². The van der Waals surface area contributed by atoms with Crippen LogP contribution in [0.25, 0.3) is 0 Å². The summed E-state index contributed by atoms with van der Waals surface area (Å²) in [4.78, 5) is 0. The summed E-state index contributed by atoms with van der Waals surface area (Å²) in [5.41, 5.74) is 9.40. The molecule has 4 N–H and O–H groups in total. The first-order valence-corrected chi connectivity index (χ1v) is 6.93. The van der Waals surface area contributed by atoms with Crippen molar-refractivity contribution in [3.63, 3.8) is 0 Å². The minimum Gasteiger partial charge on any atom is -0.390 e. The summed E-state index contributed by atoms with van der Waals surface area (Å²) in [6.45, 7) is 2.50. The number of aliphatic hydroxyl groups excluding tert-OH is 1. The maximum absolute atomic E-state index is 10.1. The van der Waals surface area contributed by atoms with Crippen LogP contribution in [0, 0.1) is 6.92 Å². The molecule has 0 amide bonds. The molecule has 0 spiro atoms. The number of hydrogen-bond donors (Lipinski definition) is 3. The second-order valence-electron chi connectivity index (χ2n) is 5.17. The predicted octanol–water partition coefficient (Wildman–Crippen LogP) is 2.34. The molecule has 2 atom stereocenters. The Bertz CT molecular complexity index is 528. The van der Waals surface area contributed by atoms with E-state index in [2.05, 4.69) is 11.4 Å². The predicted molar refractivity (Wildman–Crippen MR) is 83.8 cm³/mol. The molecule has 2 aromatic carbocycles. The van der Waals surface area contributed by atoms with Crippen LogP contribution in [0.15, 0.2) is 54.6 Å². The van der Waals surface area contributed by atoms with Gasteiger partial charge in [0, 0.05) is 18.3 Å². The third-order valence-corrected chi connectivity index (χ3v) is 3.34. The minimum absolute atomic E-state index is 0.269. The zero-order valence-electron chi connectivity index (χ0n) is 11.8. The van der Waals surface area contributed by atoms with E-state index in [1.165, 1.54) is 5.56 Å². The zero-order valence-corrected chi connectivity index (χ0v) is 11.8. The van der Waals surface area contributed by atoms with Crippen LogP contribution < -0.4 is 11.1 Å². The molecule has 20 heavy (non-hydrogen) atoms. The van der Waals surface area contributed by atoms with Gasteiger partial charge in [0.2, 0.25) is 0 Å². The van der Waals surface area contributed by atoms with Gasteiger partial charge < -0.3 is 16.2 Å². The largest absolute Gasteiger partial charge is 0.390 e. The van der Waals surface area contributed by atoms with Gasteiger partial charge in [-0.15, -0.1) is 0 Å². The fraction of sp³-hybridized carbons (Fsp3) is 0.294. The van der Waals surface area contributed by atoms with E-state index in [1.807, 2.05) is 55.5 Å². The lowest BCUT2D eigenvalue weighted by Gasteiger charge is -2.20. The van der Waals surface area contributed by atoms with Gasteiger partial charge >= 0.3 is 0 Å². The standard InChI is InChI=1S/C17H22N2O/c1-13-6-5-9-15(10-13)19-12-17(20)16(18)11-14-7-3-2-4-8-14/h2-10,16-17,19-20H,11-12,18H2,1H3/t16-,17+/m0/s1. The smallest absolute Gasteiger partial charge is 0.0866 e. The number of aliphatic hydroxyl groups is 1. The summed E-state index contributed by atoms with van der Waals surface area (Å²) < 4.78 is 0. The van der Waals surface area contributed by atoms with Crippen molar-refractivity contribution in [3.05, 3.63) is 65.7 Å². The van der Waals surface area contributed by atoms with Gasteiger partial charge in [0.25, 0.3) is 0 Å². The highest BCUT2D eigenvalue weighted by Gasteiger charge is 2.14. The van der Waals surface area contributed by atoms with E-state index in [4.69, 9.17) is 5.73 Å². The van der Waals surface area contributed by atoms with Crippen LogP contribution in [-0.2, 0) is 6.42 Å². The first kappa shape index (κ1) is 14.6. The Morgan fingerprint density at radius 1 is 1.10 bits per heavy atom. The van der Waals surface area contributed by atoms with Gasteiger partial charge in [-0.2, -0.15) is 0 Å². The van der Waals surface area contributed by atoms with Crippen molar-refractivity contribution >= 4 is 5.69 Å². The fourth-order valence-corrected chi connectivity index (χ4v) is 2.15. The average molecular weight is 270 g/mol. The Labute approximate surface area is 120 Å². The highest BCUT2D eigenvalue weighted by Crippen LogP contribution is 2.10. The fourth-order valence-electron chi connectivity index (χ4n) is 2.15. The zero-order chi connectivity index (χ0) is 14.4. The van der Waals surface area contributed by atoms with Crippen molar-refractivity contribution < 1.29 is 5.11 Å². The molecule has 3 nitrogen and oxygen atoms in total. The van der Waals surface area contributed by atoms with E-state index >= 15 is 0 Å². The second kappa shape index (κ2) is 7.08. The lowest BCUT2D eigenvalue weighted by molar-refractivity contribution is 0.156. The number of nitrogens with one attached hydrogen (secondary N) is 1. The number of anilines is 1. The monoisotopic (exact) mass is 270 g/mol. The van der Waals surface area contributed by atoms with E-state index < -0.39 is 6.10 Å². The Hall–Kier alpha value is -1.84. The Kier molecular flexibility index (Phi) is 5.16. The Morgan fingerprint density at radius 3 is 2.55 bits per heavy atom. The number of rotatable bonds is 6. The second-order valence-corrected chi connectivity index (χ2v) is 5.17. The Balaban J connectivity index is 1.83. The molecule has 2 rings (SSSR count). The molecule has 0 aromatic heterocycles. The number of benzene rings is 2. The van der Waals surface area contributed by atoms with Gasteiger partial charge in [-0.05, 0) is 36.6 Å². The molecule has 0 aliphatic rings. The molecule has 3 heteroatoms. The van der Waals surface area contributed by atoms with Gasteiger partial charge in [-0.1, -0.05) is 42.5 Å². The molecule has 0 saturated heterocycles. The molecule has 0 aliphatic carbocycles. The molecular formula is C17H22N2O. The summed E-state index contributed by atoms with van der Waals surface area (Å²) in [5.74, 6) is 0. The summed E-state index contributed by atoms with van der Waals surface area (Å²) in [5, 5.41) is 13.3. The van der Waals surface area contributed by atoms with Crippen LogP contribution in [0.2, 0.25) is 0 Å². The van der Waals surface area contributed by atoms with E-state index in [1.54, 1.807) is 0 Å². The number of hydrogen-bond acceptors (Lipinski definition) is 3. The first-order valence-electron chi connectivity index (χ1n) is 6.93. The molecule has 0 fully saturated rings. The molecule has 0 unspecified atom stereocenters. The highest BCUT2D eigenvalue weighted by molar-refractivity contribution is 5.45. The van der Waals surface area contributed by atoms with Gasteiger partial charge in [0.1, 0.15) is 0 Å². The van der Waals surface area contributed by atoms with Crippen molar-refractivity contribution in [1.29, 1.82) is 0 Å². The SMILES string of the molecule is Cc1cccc(NC[C@@H](O)[C@@H](N)Cc2ccccc2)c1. The molecule has 0 radical (unpaired) electrons. The average Bonchev–Trinajstić information content (AvgIpc) is 2.46. The maximum atomic E-state index is 10.1. The number of aryl methyl sites for hydroxylation is 1. The summed E-state index contributed by atoms with van der Waals surface area (Å²) in [6, 6.07) is 17.8. The quantitative estimate of drug-likeness (QED) is 0.755. The molecular weight excluding hydrogens is 248 g/mol. The van der Waals surface area contributed by atoms with E-state index in [0.717, 1.165) is 11.3 Å². The van der Waals surface area contributed by atoms with Crippen molar-refractivity contribution in [2.24, 2.45) is 5.73 Å². The normalized spacial score (nSPS) is 13.8. The molecule has 0 bridgehead atoms. The van der Waals surface area contributed by atoms with Crippen LogP contribution in [-0.4, -0.2) is 23.8 Å². The van der Waals surface area contributed by atoms with Crippen LogP contribution in [0.5, 0.6) is 0 Å².